The molecule has 0 bridgehead atoms. The minimum Gasteiger partial charge on any atom is -0.386 e. The average molecular weight is 459 g/mol. The van der Waals surface area contributed by atoms with Gasteiger partial charge in [-0.3, -0.25) is 9.98 Å². The van der Waals surface area contributed by atoms with Gasteiger partial charge in [0.05, 0.1) is 11.3 Å². The van der Waals surface area contributed by atoms with Gasteiger partial charge in [0, 0.05) is 29.9 Å². The zero-order chi connectivity index (χ0) is 23.0. The van der Waals surface area contributed by atoms with Gasteiger partial charge in [-0.05, 0) is 61.1 Å². The maximum absolute atomic E-state index is 13.4. The molecule has 1 fully saturated rings. The molecule has 6 rings (SSSR count). The van der Waals surface area contributed by atoms with E-state index in [2.05, 4.69) is 21.4 Å². The molecule has 3 heterocycles. The number of fused-ring (bicyclic) bond motifs is 3. The molecule has 0 saturated heterocycles. The number of aliphatic imine (C=N–C) groups is 1. The van der Waals surface area contributed by atoms with Gasteiger partial charge < -0.3 is 11.1 Å². The lowest BCUT2D eigenvalue weighted by molar-refractivity contribution is 0.406. The summed E-state index contributed by atoms with van der Waals surface area (Å²) in [5, 5.41) is 13.2. The average Bonchev–Trinajstić information content (AvgIpc) is 3.63. The molecule has 1 aromatic carbocycles. The summed E-state index contributed by atoms with van der Waals surface area (Å²) in [6.45, 7) is 1.74. The monoisotopic (exact) mass is 458 g/mol. The fourth-order valence-corrected chi connectivity index (χ4v) is 7.58. The van der Waals surface area contributed by atoms with Gasteiger partial charge in [-0.1, -0.05) is 6.07 Å². The van der Waals surface area contributed by atoms with Crippen molar-refractivity contribution in [3.05, 3.63) is 59.4 Å². The number of nitrogens with two attached hydrogens (primary N) is 1. The Kier molecular flexibility index (Phi) is 3.97. The molecule has 1 spiro atoms. The van der Waals surface area contributed by atoms with E-state index < -0.39 is 20.1 Å². The molecule has 9 heteroatoms. The number of hydrogen-bond donors (Lipinski definition) is 2. The van der Waals surface area contributed by atoms with E-state index in [1.54, 1.807) is 19.2 Å². The van der Waals surface area contributed by atoms with E-state index in [9.17, 15) is 8.42 Å². The van der Waals surface area contributed by atoms with E-state index in [1.807, 2.05) is 24.3 Å². The Bertz CT molecular complexity index is 1520. The van der Waals surface area contributed by atoms with E-state index >= 15 is 0 Å². The fraction of sp³-hybridized carbons (Fsp3) is 0.333. The van der Waals surface area contributed by atoms with E-state index in [0.717, 1.165) is 35.0 Å². The van der Waals surface area contributed by atoms with Crippen LogP contribution in [0.4, 0.5) is 11.5 Å². The molecule has 0 amide bonds. The van der Waals surface area contributed by atoms with E-state index in [4.69, 9.17) is 16.0 Å². The summed E-state index contributed by atoms with van der Waals surface area (Å²) in [5.74, 6) is 0.858. The lowest BCUT2D eigenvalue weighted by Crippen LogP contribution is -2.60. The third kappa shape index (κ3) is 2.80. The van der Waals surface area contributed by atoms with Crippen molar-refractivity contribution < 1.29 is 8.42 Å². The molecule has 8 nitrogen and oxygen atoms in total. The van der Waals surface area contributed by atoms with Crippen molar-refractivity contribution in [2.75, 3.05) is 11.1 Å². The predicted molar refractivity (Wildman–Crippen MR) is 126 cm³/mol. The van der Waals surface area contributed by atoms with Crippen LogP contribution >= 0.6 is 0 Å². The zero-order valence-corrected chi connectivity index (χ0v) is 18.9. The molecule has 0 unspecified atom stereocenters. The number of nitriles is 1. The number of benzene rings is 1. The first-order valence-corrected chi connectivity index (χ1v) is 12.5. The molecule has 3 N–H and O–H groups in total. The zero-order valence-electron chi connectivity index (χ0n) is 18.0. The van der Waals surface area contributed by atoms with Crippen molar-refractivity contribution in [3.63, 3.8) is 0 Å². The Labute approximate surface area is 191 Å². The number of nitrogens with zero attached hydrogens (tertiary/aromatic N) is 4. The minimum absolute atomic E-state index is 0.0187. The van der Waals surface area contributed by atoms with E-state index in [0.29, 0.717) is 23.3 Å². The molecule has 0 radical (unpaired) electrons. The standard InChI is InChI=1S/C24H22N6O2S/c1-23(17-3-4-17)22(26)30-24(13-33(23,31)32)10-16-2-5-18(9-19(16)24)29-21-20-15(6-7-27-21)8-14(11-25)12-28-20/h2,5-9,12,17H,3-4,10,13H2,1H3,(H2,26,30)(H,27,29)/t23-,24-/m0/s1. The highest BCUT2D eigenvalue weighted by Crippen LogP contribution is 2.53. The van der Waals surface area contributed by atoms with Crippen LogP contribution in [0.5, 0.6) is 0 Å². The Hall–Kier alpha value is -3.51. The maximum atomic E-state index is 13.4. The molecule has 1 aliphatic heterocycles. The summed E-state index contributed by atoms with van der Waals surface area (Å²) in [5.41, 5.74) is 9.37. The minimum atomic E-state index is -3.45. The number of aromatic nitrogens is 2. The van der Waals surface area contributed by atoms with Crippen LogP contribution in [-0.4, -0.2) is 34.7 Å². The number of sulfone groups is 1. The molecule has 3 aliphatic rings. The third-order valence-electron chi connectivity index (χ3n) is 7.36. The fourth-order valence-electron chi connectivity index (χ4n) is 5.22. The van der Waals surface area contributed by atoms with Crippen molar-refractivity contribution in [2.45, 2.75) is 36.5 Å². The van der Waals surface area contributed by atoms with Crippen LogP contribution < -0.4 is 11.1 Å². The molecule has 33 heavy (non-hydrogen) atoms. The lowest BCUT2D eigenvalue weighted by atomic mass is 9.71. The van der Waals surface area contributed by atoms with Gasteiger partial charge in [0.15, 0.2) is 15.7 Å². The van der Waals surface area contributed by atoms with Gasteiger partial charge in [0.25, 0.3) is 0 Å². The third-order valence-corrected chi connectivity index (χ3v) is 10.1. The second-order valence-electron chi connectivity index (χ2n) is 9.41. The smallest absolute Gasteiger partial charge is 0.165 e. The van der Waals surface area contributed by atoms with E-state index in [-0.39, 0.29) is 17.5 Å². The Morgan fingerprint density at radius 1 is 1.21 bits per heavy atom. The van der Waals surface area contributed by atoms with Crippen molar-refractivity contribution in [1.82, 2.24) is 9.97 Å². The molecule has 2 atom stereocenters. The summed E-state index contributed by atoms with van der Waals surface area (Å²) >= 11 is 0. The predicted octanol–water partition coefficient (Wildman–Crippen LogP) is 2.95. The van der Waals surface area contributed by atoms with Gasteiger partial charge in [-0.25, -0.2) is 13.4 Å². The second-order valence-corrected chi connectivity index (χ2v) is 11.8. The maximum Gasteiger partial charge on any atom is 0.165 e. The van der Waals surface area contributed by atoms with Crippen LogP contribution in [0, 0.1) is 17.2 Å². The Morgan fingerprint density at radius 2 is 2.03 bits per heavy atom. The Balaban J connectivity index is 1.38. The number of amidine groups is 1. The van der Waals surface area contributed by atoms with Crippen LogP contribution in [0.1, 0.15) is 36.5 Å². The lowest BCUT2D eigenvalue weighted by Gasteiger charge is -2.47. The molecule has 3 aromatic rings. The number of pyridine rings is 2. The first-order valence-electron chi connectivity index (χ1n) is 10.9. The highest BCUT2D eigenvalue weighted by atomic mass is 32.2. The van der Waals surface area contributed by atoms with Crippen LogP contribution in [0.3, 0.4) is 0 Å². The van der Waals surface area contributed by atoms with Crippen molar-refractivity contribution >= 4 is 38.1 Å². The molecular weight excluding hydrogens is 436 g/mol. The highest BCUT2D eigenvalue weighted by molar-refractivity contribution is 7.93. The second kappa shape index (κ2) is 6.51. The van der Waals surface area contributed by atoms with Crippen LogP contribution in [0.2, 0.25) is 0 Å². The van der Waals surface area contributed by atoms with Crippen molar-refractivity contribution in [2.24, 2.45) is 16.6 Å². The topological polar surface area (TPSA) is 134 Å². The number of nitrogens with one attached hydrogen (secondary N) is 1. The van der Waals surface area contributed by atoms with E-state index in [1.165, 1.54) is 6.20 Å². The van der Waals surface area contributed by atoms with Crippen molar-refractivity contribution in [3.8, 4) is 6.07 Å². The number of rotatable bonds is 3. The summed E-state index contributed by atoms with van der Waals surface area (Å²) in [6.07, 6.45) is 5.50. The number of anilines is 2. The van der Waals surface area contributed by atoms with Crippen LogP contribution in [-0.2, 0) is 21.8 Å². The van der Waals surface area contributed by atoms with Gasteiger partial charge in [-0.15, -0.1) is 0 Å². The van der Waals surface area contributed by atoms with Gasteiger partial charge in [-0.2, -0.15) is 5.26 Å². The summed E-state index contributed by atoms with van der Waals surface area (Å²) in [4.78, 5) is 13.6. The summed E-state index contributed by atoms with van der Waals surface area (Å²) < 4.78 is 25.7. The first-order chi connectivity index (χ1) is 15.8. The SMILES string of the molecule is C[C@]1(C2CC2)C(N)=N[C@@]2(Cc3ccc(Nc4nccc5cc(C#N)cnc45)cc32)CS1(=O)=O. The van der Waals surface area contributed by atoms with Gasteiger partial charge in [0.2, 0.25) is 0 Å². The Morgan fingerprint density at radius 3 is 2.76 bits per heavy atom. The first kappa shape index (κ1) is 20.1. The normalized spacial score (nSPS) is 27.3. The summed E-state index contributed by atoms with van der Waals surface area (Å²) in [6, 6.07) is 11.5. The van der Waals surface area contributed by atoms with Crippen molar-refractivity contribution in [1.29, 1.82) is 5.26 Å². The van der Waals surface area contributed by atoms with Crippen LogP contribution in [0.15, 0.2) is 47.7 Å². The molecule has 166 valence electrons. The van der Waals surface area contributed by atoms with Gasteiger partial charge in [0.1, 0.15) is 27.7 Å². The molecule has 2 aliphatic carbocycles. The largest absolute Gasteiger partial charge is 0.386 e. The highest BCUT2D eigenvalue weighted by Gasteiger charge is 2.61. The molecule has 2 aromatic heterocycles. The van der Waals surface area contributed by atoms with Gasteiger partial charge >= 0.3 is 0 Å². The summed E-state index contributed by atoms with van der Waals surface area (Å²) in [7, 11) is -3.45. The van der Waals surface area contributed by atoms with Crippen LogP contribution in [0.25, 0.3) is 10.9 Å². The molecular formula is C24H22N6O2S. The number of hydrogen-bond acceptors (Lipinski definition) is 8. The molecule has 1 saturated carbocycles. The quantitative estimate of drug-likeness (QED) is 0.616.